The highest BCUT2D eigenvalue weighted by Crippen LogP contribution is 2.33. The fourth-order valence-corrected chi connectivity index (χ4v) is 3.73. The lowest BCUT2D eigenvalue weighted by molar-refractivity contribution is 0.0701. The van der Waals surface area contributed by atoms with Gasteiger partial charge in [0.25, 0.3) is 0 Å². The molecule has 0 aliphatic heterocycles. The Morgan fingerprint density at radius 3 is 3.05 bits per heavy atom. The molecule has 0 aliphatic carbocycles. The molecule has 0 atom stereocenters. The van der Waals surface area contributed by atoms with Crippen LogP contribution in [0.3, 0.4) is 0 Å². The Hall–Kier alpha value is -1.37. The van der Waals surface area contributed by atoms with E-state index in [1.807, 2.05) is 6.08 Å². The molecule has 2 aromatic rings. The molecule has 2 N–H and O–H groups in total. The summed E-state index contributed by atoms with van der Waals surface area (Å²) in [4.78, 5) is 11.5. The molecule has 0 radical (unpaired) electrons. The summed E-state index contributed by atoms with van der Waals surface area (Å²) in [5, 5.41) is 12.9. The van der Waals surface area contributed by atoms with E-state index in [1.54, 1.807) is 23.9 Å². The van der Waals surface area contributed by atoms with Crippen LogP contribution in [0.25, 0.3) is 10.1 Å². The maximum Gasteiger partial charge on any atom is 0.346 e. The molecule has 0 saturated heterocycles. The van der Waals surface area contributed by atoms with Crippen LogP contribution in [0.2, 0.25) is 0 Å². The molecular formula is C15H16FNO2S2. The molecule has 2 rings (SSSR count). The number of hydrogen-bond acceptors (Lipinski definition) is 4. The van der Waals surface area contributed by atoms with Crippen molar-refractivity contribution in [3.8, 4) is 0 Å². The summed E-state index contributed by atoms with van der Waals surface area (Å²) in [6.07, 6.45) is 1.84. The van der Waals surface area contributed by atoms with Crippen LogP contribution >= 0.6 is 23.1 Å². The fourth-order valence-electron chi connectivity index (χ4n) is 2.03. The van der Waals surface area contributed by atoms with Crippen LogP contribution in [0.1, 0.15) is 15.2 Å². The molecule has 1 aromatic heterocycles. The van der Waals surface area contributed by atoms with Gasteiger partial charge < -0.3 is 10.4 Å². The number of carboxylic acid groups (broad SMARTS) is 1. The first-order valence-corrected chi connectivity index (χ1v) is 8.44. The van der Waals surface area contributed by atoms with E-state index < -0.39 is 5.97 Å². The average molecular weight is 325 g/mol. The zero-order chi connectivity index (χ0) is 15.2. The van der Waals surface area contributed by atoms with Gasteiger partial charge in [-0.25, -0.2) is 9.18 Å². The molecule has 0 amide bonds. The number of carboxylic acids is 1. The Bertz CT molecular complexity index is 654. The van der Waals surface area contributed by atoms with Crippen molar-refractivity contribution >= 4 is 39.2 Å². The quantitative estimate of drug-likeness (QED) is 0.573. The second kappa shape index (κ2) is 7.59. The minimum Gasteiger partial charge on any atom is -0.477 e. The predicted molar refractivity (Wildman–Crippen MR) is 88.0 cm³/mol. The molecule has 0 saturated carbocycles. The first-order chi connectivity index (χ1) is 10.1. The summed E-state index contributed by atoms with van der Waals surface area (Å²) in [7, 11) is 0. The van der Waals surface area contributed by atoms with E-state index >= 15 is 0 Å². The third-order valence-electron chi connectivity index (χ3n) is 2.92. The van der Waals surface area contributed by atoms with Crippen molar-refractivity contribution in [3.63, 3.8) is 0 Å². The predicted octanol–water partition coefficient (Wildman–Crippen LogP) is 3.75. The normalized spacial score (nSPS) is 10.9. The van der Waals surface area contributed by atoms with Crippen molar-refractivity contribution in [2.45, 2.75) is 6.54 Å². The smallest absolute Gasteiger partial charge is 0.346 e. The number of thiophene rings is 1. The van der Waals surface area contributed by atoms with E-state index in [0.29, 0.717) is 22.2 Å². The van der Waals surface area contributed by atoms with E-state index in [9.17, 15) is 14.3 Å². The van der Waals surface area contributed by atoms with Gasteiger partial charge in [-0.2, -0.15) is 11.8 Å². The number of thioether (sulfide) groups is 1. The summed E-state index contributed by atoms with van der Waals surface area (Å²) < 4.78 is 14.6. The number of aromatic carboxylic acids is 1. The van der Waals surface area contributed by atoms with Crippen LogP contribution in [-0.2, 0) is 6.54 Å². The van der Waals surface area contributed by atoms with E-state index in [1.165, 1.54) is 6.07 Å². The average Bonchev–Trinajstić information content (AvgIpc) is 2.83. The molecule has 0 fully saturated rings. The number of benzene rings is 1. The summed E-state index contributed by atoms with van der Waals surface area (Å²) >= 11 is 2.86. The molecular weight excluding hydrogens is 309 g/mol. The molecule has 0 spiro atoms. The Labute approximate surface area is 130 Å². The number of fused-ring (bicyclic) bond motifs is 1. The molecule has 0 unspecified atom stereocenters. The van der Waals surface area contributed by atoms with Crippen molar-refractivity contribution in [2.75, 3.05) is 18.1 Å². The van der Waals surface area contributed by atoms with Crippen molar-refractivity contribution in [2.24, 2.45) is 0 Å². The number of halogens is 1. The van der Waals surface area contributed by atoms with Gasteiger partial charge in [0.2, 0.25) is 0 Å². The van der Waals surface area contributed by atoms with Gasteiger partial charge in [0, 0.05) is 40.2 Å². The Morgan fingerprint density at radius 2 is 2.33 bits per heavy atom. The third-order valence-corrected chi connectivity index (χ3v) is 5.07. The summed E-state index contributed by atoms with van der Waals surface area (Å²) in [6.45, 7) is 4.74. The first kappa shape index (κ1) is 16.0. The van der Waals surface area contributed by atoms with Crippen LogP contribution < -0.4 is 5.32 Å². The zero-order valence-electron chi connectivity index (χ0n) is 11.4. The van der Waals surface area contributed by atoms with E-state index in [0.717, 1.165) is 29.4 Å². The Kier molecular flexibility index (Phi) is 5.78. The van der Waals surface area contributed by atoms with Gasteiger partial charge in [-0.15, -0.1) is 17.9 Å². The number of nitrogens with one attached hydrogen (secondary N) is 1. The van der Waals surface area contributed by atoms with Crippen LogP contribution in [0.5, 0.6) is 0 Å². The van der Waals surface area contributed by atoms with Gasteiger partial charge in [0.1, 0.15) is 10.7 Å². The summed E-state index contributed by atoms with van der Waals surface area (Å²) in [5.74, 6) is 0.416. The molecule has 3 nitrogen and oxygen atoms in total. The van der Waals surface area contributed by atoms with Crippen LogP contribution in [0.4, 0.5) is 4.39 Å². The first-order valence-electron chi connectivity index (χ1n) is 6.47. The largest absolute Gasteiger partial charge is 0.477 e. The second-order valence-corrected chi connectivity index (χ2v) is 6.57. The third kappa shape index (κ3) is 3.84. The minimum atomic E-state index is -1.01. The van der Waals surface area contributed by atoms with Crippen molar-refractivity contribution in [1.29, 1.82) is 0 Å². The Morgan fingerprint density at radius 1 is 1.52 bits per heavy atom. The monoisotopic (exact) mass is 325 g/mol. The van der Waals surface area contributed by atoms with Crippen molar-refractivity contribution < 1.29 is 14.3 Å². The summed E-state index contributed by atoms with van der Waals surface area (Å²) in [6, 6.07) is 4.71. The minimum absolute atomic E-state index is 0.210. The number of rotatable bonds is 8. The summed E-state index contributed by atoms with van der Waals surface area (Å²) in [5.41, 5.74) is 0.536. The highest BCUT2D eigenvalue weighted by atomic mass is 32.2. The standard InChI is InChI=1S/C15H16FNO2S2/c1-2-7-20-8-6-17-9-10-13-11(16)4-3-5-12(13)21-14(10)15(18)19/h2-5,17H,1,6-9H2,(H,18,19). The molecule has 0 bridgehead atoms. The highest BCUT2D eigenvalue weighted by molar-refractivity contribution is 7.99. The van der Waals surface area contributed by atoms with E-state index in [-0.39, 0.29) is 10.7 Å². The van der Waals surface area contributed by atoms with Crippen molar-refractivity contribution in [3.05, 3.63) is 47.1 Å². The SMILES string of the molecule is C=CCSCCNCc1c(C(=O)O)sc2cccc(F)c12. The van der Waals surface area contributed by atoms with Gasteiger partial charge >= 0.3 is 5.97 Å². The number of carbonyl (C=O) groups is 1. The molecule has 6 heteroatoms. The van der Waals surface area contributed by atoms with Crippen LogP contribution in [-0.4, -0.2) is 29.1 Å². The second-order valence-electron chi connectivity index (χ2n) is 4.37. The molecule has 1 aromatic carbocycles. The topological polar surface area (TPSA) is 49.3 Å². The van der Waals surface area contributed by atoms with E-state index in [4.69, 9.17) is 0 Å². The molecule has 0 aliphatic rings. The lowest BCUT2D eigenvalue weighted by atomic mass is 10.1. The van der Waals surface area contributed by atoms with Crippen LogP contribution in [0, 0.1) is 5.82 Å². The van der Waals surface area contributed by atoms with Gasteiger partial charge in [0.05, 0.1) is 0 Å². The van der Waals surface area contributed by atoms with Gasteiger partial charge in [-0.05, 0) is 12.1 Å². The van der Waals surface area contributed by atoms with Crippen LogP contribution in [0.15, 0.2) is 30.9 Å². The molecule has 112 valence electrons. The molecule has 21 heavy (non-hydrogen) atoms. The van der Waals surface area contributed by atoms with Gasteiger partial charge in [-0.3, -0.25) is 0 Å². The van der Waals surface area contributed by atoms with E-state index in [2.05, 4.69) is 11.9 Å². The molecule has 1 heterocycles. The lowest BCUT2D eigenvalue weighted by Crippen LogP contribution is -2.18. The maximum atomic E-state index is 14.0. The highest BCUT2D eigenvalue weighted by Gasteiger charge is 2.19. The fraction of sp³-hybridized carbons (Fsp3) is 0.267. The van der Waals surface area contributed by atoms with Gasteiger partial charge in [-0.1, -0.05) is 12.1 Å². The van der Waals surface area contributed by atoms with Gasteiger partial charge in [0.15, 0.2) is 0 Å². The number of hydrogen-bond donors (Lipinski definition) is 2. The van der Waals surface area contributed by atoms with Crippen molar-refractivity contribution in [1.82, 2.24) is 5.32 Å². The maximum absolute atomic E-state index is 14.0. The Balaban J connectivity index is 2.15. The lowest BCUT2D eigenvalue weighted by Gasteiger charge is -2.05. The zero-order valence-corrected chi connectivity index (χ0v) is 13.0.